The quantitative estimate of drug-likeness (QED) is 0.0783. The third-order valence-corrected chi connectivity index (χ3v) is 5.53. The summed E-state index contributed by atoms with van der Waals surface area (Å²) in [6.45, 7) is 2.65. The molecule has 2 heterocycles. The molecule has 16 heteroatoms. The van der Waals surface area contributed by atoms with Gasteiger partial charge in [0.25, 0.3) is 0 Å². The first-order valence-corrected chi connectivity index (χ1v) is 12.1. The van der Waals surface area contributed by atoms with E-state index >= 15 is 0 Å². The van der Waals surface area contributed by atoms with E-state index in [1.807, 2.05) is 30.5 Å². The first kappa shape index (κ1) is 32.8. The lowest BCUT2D eigenvalue weighted by atomic mass is 10.2. The van der Waals surface area contributed by atoms with Crippen LogP contribution < -0.4 is 4.74 Å². The number of benzene rings is 1. The Morgan fingerprint density at radius 1 is 0.976 bits per heavy atom. The van der Waals surface area contributed by atoms with Crippen molar-refractivity contribution < 1.29 is 63.6 Å². The number of hydrogen-bond acceptors (Lipinski definition) is 7. The van der Waals surface area contributed by atoms with Gasteiger partial charge in [-0.05, 0) is 43.7 Å². The average molecular weight is 612 g/mol. The largest absolute Gasteiger partial charge is 0.496 e. The summed E-state index contributed by atoms with van der Waals surface area (Å²) in [7, 11) is 0. The normalized spacial score (nSPS) is 13.7. The molecule has 0 radical (unpaired) electrons. The molecule has 3 aromatic rings. The maximum absolute atomic E-state index is 14.1. The van der Waals surface area contributed by atoms with Crippen LogP contribution in [0.3, 0.4) is 0 Å². The number of aromatic nitrogens is 2. The third-order valence-electron chi connectivity index (χ3n) is 5.53. The molecule has 0 unspecified atom stereocenters. The standard InChI is InChI=1S/C26H24F8N2O6/c1-4-16(3)36-20(18-7-6-10-35-13-18)11-17-8-9-19(12-21(17)36)38-14-23(27,28)40-25(31,32)42-26(33,34)41-24(29,30)15-39-22(37)5-2/h5-13,16H,2,4,14-15H2,1,3H3/t16-/m0/s1. The van der Waals surface area contributed by atoms with Gasteiger partial charge >= 0.3 is 30.8 Å². The van der Waals surface area contributed by atoms with Gasteiger partial charge in [-0.25, -0.2) is 19.0 Å². The maximum Gasteiger partial charge on any atom is 0.496 e. The fourth-order valence-corrected chi connectivity index (χ4v) is 3.65. The van der Waals surface area contributed by atoms with Crippen molar-refractivity contribution in [3.05, 3.63) is 61.4 Å². The lowest BCUT2D eigenvalue weighted by Crippen LogP contribution is -2.46. The summed E-state index contributed by atoms with van der Waals surface area (Å²) < 4.78 is 129. The smallest absolute Gasteiger partial charge is 0.484 e. The van der Waals surface area contributed by atoms with Crippen molar-refractivity contribution in [1.82, 2.24) is 9.55 Å². The van der Waals surface area contributed by atoms with Crippen LogP contribution in [0, 0.1) is 0 Å². The average Bonchev–Trinajstić information content (AvgIpc) is 3.27. The van der Waals surface area contributed by atoms with Crippen LogP contribution in [0.1, 0.15) is 26.3 Å². The Morgan fingerprint density at radius 3 is 2.19 bits per heavy atom. The van der Waals surface area contributed by atoms with Crippen molar-refractivity contribution in [3.8, 4) is 17.0 Å². The lowest BCUT2D eigenvalue weighted by molar-refractivity contribution is -0.574. The summed E-state index contributed by atoms with van der Waals surface area (Å²) in [4.78, 5) is 14.9. The van der Waals surface area contributed by atoms with Gasteiger partial charge in [0.2, 0.25) is 0 Å². The molecule has 0 N–H and O–H groups in total. The number of hydrogen-bond donors (Lipinski definition) is 0. The van der Waals surface area contributed by atoms with Crippen LogP contribution in [0.4, 0.5) is 35.1 Å². The van der Waals surface area contributed by atoms with Gasteiger partial charge in [-0.2, -0.15) is 17.6 Å². The number of carbonyl (C=O) groups is 1. The number of nitrogens with zero attached hydrogens (tertiary/aromatic N) is 2. The Labute approximate surface area is 233 Å². The predicted octanol–water partition coefficient (Wildman–Crippen LogP) is 7.12. The Bertz CT molecular complexity index is 1380. The van der Waals surface area contributed by atoms with Crippen LogP contribution in [0.5, 0.6) is 5.75 Å². The fraction of sp³-hybridized carbons (Fsp3) is 0.385. The molecule has 3 rings (SSSR count). The Hall–Kier alpha value is -3.76. The predicted molar refractivity (Wildman–Crippen MR) is 130 cm³/mol. The van der Waals surface area contributed by atoms with Crippen molar-refractivity contribution in [2.45, 2.75) is 51.1 Å². The molecule has 0 aliphatic rings. The molecule has 0 bridgehead atoms. The van der Waals surface area contributed by atoms with Crippen molar-refractivity contribution in [3.63, 3.8) is 0 Å². The van der Waals surface area contributed by atoms with E-state index in [-0.39, 0.29) is 11.8 Å². The van der Waals surface area contributed by atoms with Crippen LogP contribution in [0.2, 0.25) is 0 Å². The summed E-state index contributed by atoms with van der Waals surface area (Å²) in [6.07, 6.45) is -17.4. The highest BCUT2D eigenvalue weighted by molar-refractivity contribution is 5.88. The SMILES string of the molecule is C=CC(=O)OCC(F)(F)OC(F)(F)OC(F)(F)OC(F)(F)COc1ccc2cc(-c3cccnc3)n([C@@H](C)CC)c2c1. The molecule has 230 valence electrons. The number of fused-ring (bicyclic) bond motifs is 1. The molecule has 42 heavy (non-hydrogen) atoms. The zero-order valence-corrected chi connectivity index (χ0v) is 22.0. The number of alkyl halides is 8. The van der Waals surface area contributed by atoms with Gasteiger partial charge in [0, 0.05) is 41.5 Å². The van der Waals surface area contributed by atoms with Crippen LogP contribution in [-0.2, 0) is 23.7 Å². The number of carbonyl (C=O) groups excluding carboxylic acids is 1. The monoisotopic (exact) mass is 612 g/mol. The molecule has 2 aromatic heterocycles. The van der Waals surface area contributed by atoms with Crippen LogP contribution in [-0.4, -0.2) is 53.5 Å². The molecule has 0 saturated carbocycles. The number of pyridine rings is 1. The minimum atomic E-state index is -5.87. The summed E-state index contributed by atoms with van der Waals surface area (Å²) in [5.74, 6) is -1.69. The van der Waals surface area contributed by atoms with E-state index in [0.29, 0.717) is 23.4 Å². The van der Waals surface area contributed by atoms with Crippen molar-refractivity contribution in [1.29, 1.82) is 0 Å². The number of rotatable bonds is 15. The Balaban J connectivity index is 1.71. The van der Waals surface area contributed by atoms with E-state index in [9.17, 15) is 39.9 Å². The second kappa shape index (κ2) is 12.6. The van der Waals surface area contributed by atoms with Gasteiger partial charge < -0.3 is 14.0 Å². The van der Waals surface area contributed by atoms with E-state index in [1.165, 1.54) is 18.2 Å². The third kappa shape index (κ3) is 8.87. The van der Waals surface area contributed by atoms with E-state index in [4.69, 9.17) is 4.74 Å². The topological polar surface area (TPSA) is 81.0 Å². The molecule has 1 atom stereocenters. The van der Waals surface area contributed by atoms with E-state index in [1.54, 1.807) is 18.5 Å². The van der Waals surface area contributed by atoms with Crippen LogP contribution in [0.25, 0.3) is 22.2 Å². The number of halogens is 8. The molecular weight excluding hydrogens is 588 g/mol. The molecule has 0 fully saturated rings. The van der Waals surface area contributed by atoms with Crippen molar-refractivity contribution in [2.75, 3.05) is 13.2 Å². The highest BCUT2D eigenvalue weighted by atomic mass is 19.3. The minimum absolute atomic E-state index is 0.0705. The van der Waals surface area contributed by atoms with Crippen molar-refractivity contribution >= 4 is 16.9 Å². The second-order valence-electron chi connectivity index (χ2n) is 8.73. The highest BCUT2D eigenvalue weighted by Gasteiger charge is 2.57. The molecule has 1 aromatic carbocycles. The Morgan fingerprint density at radius 2 is 1.62 bits per heavy atom. The zero-order valence-electron chi connectivity index (χ0n) is 22.0. The van der Waals surface area contributed by atoms with Gasteiger partial charge in [0.15, 0.2) is 13.2 Å². The van der Waals surface area contributed by atoms with Gasteiger partial charge in [-0.3, -0.25) is 4.98 Å². The fourth-order valence-electron chi connectivity index (χ4n) is 3.65. The molecular formula is C26H24F8N2O6. The first-order chi connectivity index (χ1) is 19.5. The molecule has 0 spiro atoms. The lowest BCUT2D eigenvalue weighted by Gasteiger charge is -2.27. The van der Waals surface area contributed by atoms with Gasteiger partial charge in [0.05, 0.1) is 11.2 Å². The first-order valence-electron chi connectivity index (χ1n) is 12.1. The number of ether oxygens (including phenoxy) is 5. The molecule has 0 aliphatic heterocycles. The van der Waals surface area contributed by atoms with Crippen LogP contribution >= 0.6 is 0 Å². The summed E-state index contributed by atoms with van der Waals surface area (Å²) in [5, 5.41) is 0.697. The highest BCUT2D eigenvalue weighted by Crippen LogP contribution is 2.38. The summed E-state index contributed by atoms with van der Waals surface area (Å²) in [6, 6.07) is 9.50. The van der Waals surface area contributed by atoms with Crippen LogP contribution in [0.15, 0.2) is 61.4 Å². The van der Waals surface area contributed by atoms with E-state index in [0.717, 1.165) is 11.3 Å². The van der Waals surface area contributed by atoms with E-state index in [2.05, 4.69) is 30.5 Å². The van der Waals surface area contributed by atoms with Gasteiger partial charge in [-0.15, -0.1) is 17.6 Å². The van der Waals surface area contributed by atoms with E-state index < -0.39 is 44.0 Å². The van der Waals surface area contributed by atoms with Gasteiger partial charge in [0.1, 0.15) is 5.75 Å². The Kier molecular flexibility index (Phi) is 9.85. The molecule has 0 saturated heterocycles. The minimum Gasteiger partial charge on any atom is -0.484 e. The maximum atomic E-state index is 14.1. The zero-order chi connectivity index (χ0) is 31.3. The number of esters is 1. The second-order valence-corrected chi connectivity index (χ2v) is 8.73. The summed E-state index contributed by atoms with van der Waals surface area (Å²) in [5.41, 5.74) is 2.09. The van der Waals surface area contributed by atoms with Gasteiger partial charge in [-0.1, -0.05) is 13.5 Å². The molecule has 8 nitrogen and oxygen atoms in total. The summed E-state index contributed by atoms with van der Waals surface area (Å²) >= 11 is 0. The molecule has 0 aliphatic carbocycles. The van der Waals surface area contributed by atoms with Crippen molar-refractivity contribution in [2.24, 2.45) is 0 Å². The molecule has 0 amide bonds.